The third kappa shape index (κ3) is 6.90. The lowest BCUT2D eigenvalue weighted by atomic mass is 10.1. The number of hydrogen-bond acceptors (Lipinski definition) is 9. The van der Waals surface area contributed by atoms with Crippen LogP contribution in [0.5, 0.6) is 5.75 Å². The number of carbonyl (C=O) groups excluding carboxylic acids is 2. The molecule has 1 aliphatic heterocycles. The summed E-state index contributed by atoms with van der Waals surface area (Å²) in [6.45, 7) is 3.96. The number of methoxy groups -OCH3 is 1. The first kappa shape index (κ1) is 27.6. The first-order valence-corrected chi connectivity index (χ1v) is 12.7. The third-order valence-corrected chi connectivity index (χ3v) is 6.42. The van der Waals surface area contributed by atoms with E-state index >= 15 is 0 Å². The monoisotopic (exact) mass is 533 g/mol. The van der Waals surface area contributed by atoms with Crippen molar-refractivity contribution in [3.63, 3.8) is 0 Å². The van der Waals surface area contributed by atoms with Gasteiger partial charge in [-0.1, -0.05) is 18.2 Å². The van der Waals surface area contributed by atoms with Crippen LogP contribution in [0.4, 0.5) is 23.1 Å². The fourth-order valence-electron chi connectivity index (χ4n) is 4.38. The molecule has 1 aromatic carbocycles. The van der Waals surface area contributed by atoms with Crippen molar-refractivity contribution in [3.05, 3.63) is 60.1 Å². The van der Waals surface area contributed by atoms with E-state index in [0.29, 0.717) is 23.7 Å². The number of nitrogens with two attached hydrogens (primary N) is 1. The Morgan fingerprint density at radius 2 is 2.08 bits per heavy atom. The highest BCUT2D eigenvalue weighted by Gasteiger charge is 2.24. The molecule has 1 saturated heterocycles. The summed E-state index contributed by atoms with van der Waals surface area (Å²) < 4.78 is 7.32. The number of primary amides is 1. The molecule has 206 valence electrons. The van der Waals surface area contributed by atoms with Crippen molar-refractivity contribution in [1.29, 1.82) is 0 Å². The second-order valence-electron chi connectivity index (χ2n) is 9.68. The Morgan fingerprint density at radius 3 is 2.82 bits per heavy atom. The van der Waals surface area contributed by atoms with Gasteiger partial charge in [0, 0.05) is 38.1 Å². The van der Waals surface area contributed by atoms with Crippen LogP contribution < -0.4 is 21.1 Å². The van der Waals surface area contributed by atoms with E-state index in [9.17, 15) is 9.59 Å². The van der Waals surface area contributed by atoms with Gasteiger partial charge in [0.05, 0.1) is 30.7 Å². The van der Waals surface area contributed by atoms with Crippen molar-refractivity contribution in [3.8, 4) is 5.75 Å². The van der Waals surface area contributed by atoms with Gasteiger partial charge in [0.15, 0.2) is 0 Å². The number of amides is 2. The molecule has 12 heteroatoms. The quantitative estimate of drug-likeness (QED) is 0.335. The molecule has 4 rings (SSSR count). The lowest BCUT2D eigenvalue weighted by molar-refractivity contribution is -0.127. The number of aryl methyl sites for hydroxylation is 1. The van der Waals surface area contributed by atoms with Crippen molar-refractivity contribution >= 4 is 35.0 Å². The molecule has 3 heterocycles. The van der Waals surface area contributed by atoms with Crippen molar-refractivity contribution in [2.24, 2.45) is 5.73 Å². The molecule has 3 aromatic rings. The predicted octanol–water partition coefficient (Wildman–Crippen LogP) is 2.86. The number of nitrogens with one attached hydrogen (secondary N) is 2. The van der Waals surface area contributed by atoms with Crippen LogP contribution in [0.1, 0.15) is 34.8 Å². The Balaban J connectivity index is 1.48. The van der Waals surface area contributed by atoms with Gasteiger partial charge in [0.25, 0.3) is 5.91 Å². The molecule has 4 N–H and O–H groups in total. The molecule has 0 radical (unpaired) electrons. The fraction of sp³-hybridized carbons (Fsp3) is 0.370. The number of anilines is 4. The Labute approximate surface area is 227 Å². The van der Waals surface area contributed by atoms with Crippen molar-refractivity contribution < 1.29 is 14.3 Å². The highest BCUT2D eigenvalue weighted by atomic mass is 16.5. The van der Waals surface area contributed by atoms with E-state index in [2.05, 4.69) is 25.7 Å². The third-order valence-electron chi connectivity index (χ3n) is 6.42. The lowest BCUT2D eigenvalue weighted by Gasteiger charge is -2.32. The minimum absolute atomic E-state index is 0.0142. The zero-order valence-corrected chi connectivity index (χ0v) is 22.7. The van der Waals surface area contributed by atoms with E-state index < -0.39 is 5.91 Å². The summed E-state index contributed by atoms with van der Waals surface area (Å²) in [5.41, 5.74) is 7.99. The van der Waals surface area contributed by atoms with Gasteiger partial charge in [-0.25, -0.2) is 4.98 Å². The molecule has 0 saturated carbocycles. The zero-order chi connectivity index (χ0) is 27.9. The van der Waals surface area contributed by atoms with Gasteiger partial charge in [-0.15, -0.1) is 0 Å². The van der Waals surface area contributed by atoms with Crippen LogP contribution in [-0.2, 0) is 4.79 Å². The van der Waals surface area contributed by atoms with Gasteiger partial charge < -0.3 is 30.9 Å². The van der Waals surface area contributed by atoms with Crippen molar-refractivity contribution in [1.82, 2.24) is 29.5 Å². The highest BCUT2D eigenvalue weighted by molar-refractivity contribution is 5.98. The summed E-state index contributed by atoms with van der Waals surface area (Å²) in [5, 5.41) is 10.8. The molecular formula is C27H35N9O3. The SMILES string of the molecule is COc1cccc(C)c1Nc1nc(Nc2cnn([C@@H]3CCCN(C(=O)/C=C/CN(C)C)C3)c2)ncc1C(N)=O. The van der Waals surface area contributed by atoms with Crippen LogP contribution in [0.3, 0.4) is 0 Å². The smallest absolute Gasteiger partial charge is 0.254 e. The molecule has 1 aliphatic rings. The van der Waals surface area contributed by atoms with E-state index in [4.69, 9.17) is 10.5 Å². The molecule has 2 aromatic heterocycles. The molecule has 0 spiro atoms. The summed E-state index contributed by atoms with van der Waals surface area (Å²) in [5.74, 6) is 0.482. The highest BCUT2D eigenvalue weighted by Crippen LogP contribution is 2.32. The Hall–Kier alpha value is -4.45. The molecule has 1 fully saturated rings. The first-order chi connectivity index (χ1) is 18.7. The number of aromatic nitrogens is 4. The van der Waals surface area contributed by atoms with Gasteiger partial charge in [-0.05, 0) is 45.5 Å². The minimum atomic E-state index is -0.655. The average Bonchev–Trinajstić information content (AvgIpc) is 3.38. The number of rotatable bonds is 10. The van der Waals surface area contributed by atoms with Crippen LogP contribution in [0, 0.1) is 6.92 Å². The average molecular weight is 534 g/mol. The van der Waals surface area contributed by atoms with Gasteiger partial charge in [-0.2, -0.15) is 10.1 Å². The topological polar surface area (TPSA) is 144 Å². The molecular weight excluding hydrogens is 498 g/mol. The summed E-state index contributed by atoms with van der Waals surface area (Å²) in [6, 6.07) is 5.67. The number of carbonyl (C=O) groups is 2. The van der Waals surface area contributed by atoms with E-state index in [1.54, 1.807) is 19.4 Å². The van der Waals surface area contributed by atoms with E-state index in [1.165, 1.54) is 6.20 Å². The largest absolute Gasteiger partial charge is 0.495 e. The minimum Gasteiger partial charge on any atom is -0.495 e. The van der Waals surface area contributed by atoms with Crippen LogP contribution in [-0.4, -0.2) is 82.2 Å². The van der Waals surface area contributed by atoms with Crippen LogP contribution in [0.15, 0.2) is 48.9 Å². The number of hydrogen-bond donors (Lipinski definition) is 3. The molecule has 0 unspecified atom stereocenters. The second kappa shape index (κ2) is 12.4. The maximum absolute atomic E-state index is 12.6. The number of benzene rings is 1. The lowest BCUT2D eigenvalue weighted by Crippen LogP contribution is -2.40. The number of ether oxygens (including phenoxy) is 1. The molecule has 0 aliphatic carbocycles. The van der Waals surface area contributed by atoms with Crippen LogP contribution >= 0.6 is 0 Å². The normalized spacial score (nSPS) is 15.5. The van der Waals surface area contributed by atoms with Gasteiger partial charge in [-0.3, -0.25) is 14.3 Å². The number of likely N-dealkylation sites (N-methyl/N-ethyl adjacent to an activating group) is 1. The molecule has 12 nitrogen and oxygen atoms in total. The number of piperidine rings is 1. The number of nitrogens with zero attached hydrogens (tertiary/aromatic N) is 6. The van der Waals surface area contributed by atoms with Crippen molar-refractivity contribution in [2.75, 3.05) is 51.5 Å². The molecule has 39 heavy (non-hydrogen) atoms. The Morgan fingerprint density at radius 1 is 1.26 bits per heavy atom. The first-order valence-electron chi connectivity index (χ1n) is 12.7. The summed E-state index contributed by atoms with van der Waals surface area (Å²) in [4.78, 5) is 37.3. The molecule has 1 atom stereocenters. The van der Waals surface area contributed by atoms with Gasteiger partial charge in [0.2, 0.25) is 11.9 Å². The number of likely N-dealkylation sites (tertiary alicyclic amines) is 1. The summed E-state index contributed by atoms with van der Waals surface area (Å²) >= 11 is 0. The van der Waals surface area contributed by atoms with Gasteiger partial charge in [0.1, 0.15) is 17.1 Å². The predicted molar refractivity (Wildman–Crippen MR) is 150 cm³/mol. The Kier molecular flexibility index (Phi) is 8.77. The summed E-state index contributed by atoms with van der Waals surface area (Å²) in [6.07, 6.45) is 10.3. The van der Waals surface area contributed by atoms with Gasteiger partial charge >= 0.3 is 0 Å². The maximum atomic E-state index is 12.6. The van der Waals surface area contributed by atoms with E-state index in [0.717, 1.165) is 31.5 Å². The standard InChI is InChI=1S/C27H35N9O3/c1-18-8-5-10-22(39-4)24(18)32-26-21(25(28)38)15-29-27(33-26)31-19-14-30-36(16-19)20-9-6-13-35(17-20)23(37)11-7-12-34(2)3/h5,7-8,10-11,14-16,20H,6,9,12-13,17H2,1-4H3,(H2,28,38)(H2,29,31,32,33)/b11-7+/t20-/m1/s1. The fourth-order valence-corrected chi connectivity index (χ4v) is 4.38. The molecule has 2 amide bonds. The van der Waals surface area contributed by atoms with Crippen LogP contribution in [0.25, 0.3) is 0 Å². The molecule has 0 bridgehead atoms. The van der Waals surface area contributed by atoms with Crippen molar-refractivity contribution in [2.45, 2.75) is 25.8 Å². The van der Waals surface area contributed by atoms with E-state index in [1.807, 2.05) is 66.0 Å². The zero-order valence-electron chi connectivity index (χ0n) is 22.7. The maximum Gasteiger partial charge on any atom is 0.254 e. The number of para-hydroxylation sites is 1. The van der Waals surface area contributed by atoms with E-state index in [-0.39, 0.29) is 29.3 Å². The Bertz CT molecular complexity index is 1350. The second-order valence-corrected chi connectivity index (χ2v) is 9.68. The van der Waals surface area contributed by atoms with Crippen LogP contribution in [0.2, 0.25) is 0 Å². The summed E-state index contributed by atoms with van der Waals surface area (Å²) in [7, 11) is 5.50.